The third-order valence-corrected chi connectivity index (χ3v) is 4.02. The summed E-state index contributed by atoms with van der Waals surface area (Å²) in [7, 11) is -4.56. The molecule has 1 aromatic heterocycles. The Labute approximate surface area is 120 Å². The maximum absolute atomic E-state index is 12.4. The van der Waals surface area contributed by atoms with Crippen molar-refractivity contribution < 1.29 is 26.5 Å². The Morgan fingerprint density at radius 1 is 1.23 bits per heavy atom. The minimum atomic E-state index is -4.97. The van der Waals surface area contributed by atoms with Crippen molar-refractivity contribution in [3.63, 3.8) is 0 Å². The van der Waals surface area contributed by atoms with Gasteiger partial charge in [-0.3, -0.25) is 10.1 Å². The zero-order valence-electron chi connectivity index (χ0n) is 10.4. The molecule has 0 fully saturated rings. The number of nitro groups is 1. The van der Waals surface area contributed by atoms with Gasteiger partial charge in [0.25, 0.3) is 21.5 Å². The highest BCUT2D eigenvalue weighted by atomic mass is 32.2. The molecule has 0 saturated heterocycles. The summed E-state index contributed by atoms with van der Waals surface area (Å²) in [6.07, 6.45) is -4.97. The first-order valence-corrected chi connectivity index (χ1v) is 6.77. The lowest BCUT2D eigenvalue weighted by molar-refractivity contribution is -0.384. The molecule has 0 unspecified atom stereocenters. The molecule has 0 amide bonds. The Morgan fingerprint density at radius 3 is 2.18 bits per heavy atom. The molecule has 2 rings (SSSR count). The quantitative estimate of drug-likeness (QED) is 0.652. The number of benzene rings is 1. The van der Waals surface area contributed by atoms with Crippen LogP contribution in [-0.4, -0.2) is 27.5 Å². The fourth-order valence-corrected chi connectivity index (χ4v) is 2.60. The maximum atomic E-state index is 12.4. The second kappa shape index (κ2) is 4.94. The molecule has 2 N–H and O–H groups in total. The molecule has 2 aromatic rings. The molecule has 0 spiro atoms. The monoisotopic (exact) mass is 337 g/mol. The fourth-order valence-electron chi connectivity index (χ4n) is 1.45. The number of hydrogen-bond donors (Lipinski definition) is 1. The van der Waals surface area contributed by atoms with Crippen LogP contribution < -0.4 is 5.73 Å². The third kappa shape index (κ3) is 2.69. The number of non-ortho nitro benzene ring substituents is 1. The van der Waals surface area contributed by atoms with E-state index in [0.29, 0.717) is 0 Å². The highest BCUT2D eigenvalue weighted by Gasteiger charge is 2.38. The summed E-state index contributed by atoms with van der Waals surface area (Å²) in [6.45, 7) is 0. The minimum absolute atomic E-state index is 0.0863. The van der Waals surface area contributed by atoms with E-state index in [1.165, 1.54) is 0 Å². The zero-order valence-corrected chi connectivity index (χ0v) is 11.2. The molecular formula is C9H6F3N5O4S. The van der Waals surface area contributed by atoms with Gasteiger partial charge < -0.3 is 5.73 Å². The lowest BCUT2D eigenvalue weighted by Crippen LogP contribution is -2.18. The summed E-state index contributed by atoms with van der Waals surface area (Å²) in [6, 6.07) is 3.46. The molecule has 0 radical (unpaired) electrons. The van der Waals surface area contributed by atoms with Crippen molar-refractivity contribution >= 4 is 21.7 Å². The summed E-state index contributed by atoms with van der Waals surface area (Å²) < 4.78 is 61.5. The molecule has 13 heteroatoms. The van der Waals surface area contributed by atoms with E-state index in [4.69, 9.17) is 5.73 Å². The summed E-state index contributed by atoms with van der Waals surface area (Å²) >= 11 is 0. The molecule has 0 saturated carbocycles. The van der Waals surface area contributed by atoms with Gasteiger partial charge in [0.15, 0.2) is 0 Å². The summed E-state index contributed by atoms with van der Waals surface area (Å²) in [4.78, 5) is 12.0. The Hall–Kier alpha value is -2.70. The number of nitrogens with zero attached hydrogens (tertiary/aromatic N) is 4. The fraction of sp³-hybridized carbons (Fsp3) is 0.111. The average molecular weight is 337 g/mol. The Kier molecular flexibility index (Phi) is 3.52. The number of halogens is 3. The van der Waals surface area contributed by atoms with E-state index in [9.17, 15) is 31.7 Å². The van der Waals surface area contributed by atoms with Crippen LogP contribution >= 0.6 is 0 Å². The highest BCUT2D eigenvalue weighted by molar-refractivity contribution is 7.90. The highest BCUT2D eigenvalue weighted by Crippen LogP contribution is 2.28. The van der Waals surface area contributed by atoms with Gasteiger partial charge in [-0.05, 0) is 12.1 Å². The van der Waals surface area contributed by atoms with E-state index in [2.05, 4.69) is 10.1 Å². The van der Waals surface area contributed by atoms with Crippen LogP contribution in [0, 0.1) is 10.1 Å². The number of rotatable bonds is 3. The normalized spacial score (nSPS) is 12.3. The second-order valence-corrected chi connectivity index (χ2v) is 5.66. The first-order chi connectivity index (χ1) is 10.0. The minimum Gasteiger partial charge on any atom is -0.367 e. The summed E-state index contributed by atoms with van der Waals surface area (Å²) in [5.41, 5.74) is 4.75. The smallest absolute Gasteiger partial charge is 0.367 e. The third-order valence-electron chi connectivity index (χ3n) is 2.43. The van der Waals surface area contributed by atoms with E-state index < -0.39 is 37.8 Å². The van der Waals surface area contributed by atoms with Crippen LogP contribution in [0.15, 0.2) is 29.2 Å². The van der Waals surface area contributed by atoms with Gasteiger partial charge in [-0.25, -0.2) is 0 Å². The van der Waals surface area contributed by atoms with Gasteiger partial charge in [-0.1, -0.05) is 0 Å². The molecule has 22 heavy (non-hydrogen) atoms. The van der Waals surface area contributed by atoms with Crippen molar-refractivity contribution in [2.75, 3.05) is 5.73 Å². The van der Waals surface area contributed by atoms with Crippen LogP contribution in [0.1, 0.15) is 5.82 Å². The van der Waals surface area contributed by atoms with Crippen molar-refractivity contribution in [1.82, 2.24) is 14.2 Å². The number of nitrogen functional groups attached to an aromatic ring is 1. The van der Waals surface area contributed by atoms with Crippen molar-refractivity contribution in [3.8, 4) is 0 Å². The van der Waals surface area contributed by atoms with Crippen LogP contribution in [0.5, 0.6) is 0 Å². The molecule has 0 atom stereocenters. The predicted octanol–water partition coefficient (Wildman–Crippen LogP) is 1.02. The Balaban J connectivity index is 2.51. The topological polar surface area (TPSA) is 134 Å². The van der Waals surface area contributed by atoms with Gasteiger partial charge in [-0.2, -0.15) is 26.6 Å². The van der Waals surface area contributed by atoms with E-state index in [0.717, 1.165) is 24.3 Å². The van der Waals surface area contributed by atoms with Crippen LogP contribution in [0.4, 0.5) is 24.8 Å². The molecule has 118 valence electrons. The maximum Gasteiger partial charge on any atom is 0.453 e. The average Bonchev–Trinajstić information content (AvgIpc) is 2.81. The molecule has 0 aliphatic heterocycles. The van der Waals surface area contributed by atoms with Gasteiger partial charge in [0.05, 0.1) is 9.82 Å². The predicted molar refractivity (Wildman–Crippen MR) is 65.1 cm³/mol. The first-order valence-electron chi connectivity index (χ1n) is 5.33. The van der Waals surface area contributed by atoms with Crippen LogP contribution in [0.25, 0.3) is 0 Å². The van der Waals surface area contributed by atoms with Crippen LogP contribution in [0.2, 0.25) is 0 Å². The molecule has 1 heterocycles. The molecule has 0 aliphatic carbocycles. The summed E-state index contributed by atoms with van der Waals surface area (Å²) in [5.74, 6) is -2.69. The number of anilines is 1. The molecule has 9 nitrogen and oxygen atoms in total. The SMILES string of the molecule is Nc1nc(C(F)(F)F)nn1S(=O)(=O)c1ccc([N+](=O)[O-])cc1. The van der Waals surface area contributed by atoms with Crippen LogP contribution in [-0.2, 0) is 16.2 Å². The zero-order chi connectivity index (χ0) is 16.7. The van der Waals surface area contributed by atoms with E-state index in [1.54, 1.807) is 0 Å². The largest absolute Gasteiger partial charge is 0.453 e. The van der Waals surface area contributed by atoms with Crippen LogP contribution in [0.3, 0.4) is 0 Å². The van der Waals surface area contributed by atoms with Crippen molar-refractivity contribution in [2.24, 2.45) is 0 Å². The Morgan fingerprint density at radius 2 is 1.77 bits per heavy atom. The van der Waals surface area contributed by atoms with Crippen molar-refractivity contribution in [2.45, 2.75) is 11.1 Å². The number of nitro benzene ring substituents is 1. The van der Waals surface area contributed by atoms with Gasteiger partial charge in [0, 0.05) is 12.1 Å². The van der Waals surface area contributed by atoms with E-state index in [1.807, 2.05) is 0 Å². The van der Waals surface area contributed by atoms with Gasteiger partial charge in [0.1, 0.15) is 0 Å². The number of nitrogens with two attached hydrogens (primary N) is 1. The van der Waals surface area contributed by atoms with Gasteiger partial charge >= 0.3 is 6.18 Å². The molecule has 1 aromatic carbocycles. The van der Waals surface area contributed by atoms with E-state index in [-0.39, 0.29) is 9.77 Å². The number of hydrogen-bond acceptors (Lipinski definition) is 7. The standard InChI is InChI=1S/C9H6F3N5O4S/c10-9(11,12)7-14-8(13)16(15-7)22(20,21)6-3-1-5(2-4-6)17(18)19/h1-4H,(H2,13,14,15). The van der Waals surface area contributed by atoms with E-state index >= 15 is 0 Å². The van der Waals surface area contributed by atoms with Crippen molar-refractivity contribution in [1.29, 1.82) is 0 Å². The Bertz CT molecular complexity index is 828. The van der Waals surface area contributed by atoms with Gasteiger partial charge in [-0.15, -0.1) is 9.19 Å². The lowest BCUT2D eigenvalue weighted by Gasteiger charge is -2.04. The van der Waals surface area contributed by atoms with Gasteiger partial charge in [0.2, 0.25) is 5.95 Å². The molecule has 0 aliphatic rings. The number of alkyl halides is 3. The second-order valence-electron chi connectivity index (χ2n) is 3.89. The summed E-state index contributed by atoms with van der Waals surface area (Å²) in [5, 5.41) is 13.3. The number of aromatic nitrogens is 3. The molecule has 0 bridgehead atoms. The molecular weight excluding hydrogens is 331 g/mol. The first kappa shape index (κ1) is 15.7. The van der Waals surface area contributed by atoms with Crippen molar-refractivity contribution in [3.05, 3.63) is 40.2 Å². The lowest BCUT2D eigenvalue weighted by atomic mass is 10.3.